The smallest absolute Gasteiger partial charge is 0.349 e. The van der Waals surface area contributed by atoms with Crippen molar-refractivity contribution in [1.29, 1.82) is 0 Å². The Morgan fingerprint density at radius 1 is 1.12 bits per heavy atom. The summed E-state index contributed by atoms with van der Waals surface area (Å²) in [5.41, 5.74) is 3.37. The third-order valence-corrected chi connectivity index (χ3v) is 6.20. The minimum Gasteiger partial charge on any atom is -0.448 e. The lowest BCUT2D eigenvalue weighted by Crippen LogP contribution is -2.39. The first-order valence-corrected chi connectivity index (χ1v) is 9.67. The zero-order chi connectivity index (χ0) is 17.4. The van der Waals surface area contributed by atoms with Crippen LogP contribution in [0.1, 0.15) is 45.4 Å². The van der Waals surface area contributed by atoms with Crippen LogP contribution < -0.4 is 4.90 Å². The van der Waals surface area contributed by atoms with Crippen LogP contribution in [0, 0.1) is 0 Å². The molecule has 2 aliphatic rings. The molecule has 1 aromatic carbocycles. The number of fused-ring (bicyclic) bond motifs is 2. The lowest BCUT2D eigenvalue weighted by molar-refractivity contribution is -0.126. The van der Waals surface area contributed by atoms with E-state index in [9.17, 15) is 9.59 Å². The highest BCUT2D eigenvalue weighted by Crippen LogP contribution is 2.31. The molecule has 1 aromatic heterocycles. The number of esters is 1. The summed E-state index contributed by atoms with van der Waals surface area (Å²) in [5.74, 6) is -0.535. The molecule has 130 valence electrons. The largest absolute Gasteiger partial charge is 0.448 e. The number of benzene rings is 1. The third-order valence-electron chi connectivity index (χ3n) is 4.98. The first kappa shape index (κ1) is 16.3. The second kappa shape index (κ2) is 6.64. The van der Waals surface area contributed by atoms with Crippen LogP contribution in [0.5, 0.6) is 0 Å². The molecule has 0 radical (unpaired) electrons. The van der Waals surface area contributed by atoms with Gasteiger partial charge in [-0.3, -0.25) is 4.79 Å². The number of thiophene rings is 1. The van der Waals surface area contributed by atoms with Gasteiger partial charge in [0.2, 0.25) is 0 Å². The fraction of sp³-hybridized carbons (Fsp3) is 0.400. The Bertz CT molecular complexity index is 803. The maximum Gasteiger partial charge on any atom is 0.349 e. The van der Waals surface area contributed by atoms with Crippen molar-refractivity contribution < 1.29 is 14.3 Å². The standard InChI is InChI=1S/C20H21NO3S/c1-13(19(22)21-11-10-14-6-2-4-8-16(14)21)24-20(23)18-12-15-7-3-5-9-17(15)25-18/h2,4,6,8,12-13H,3,5,7,9-11H2,1H3/t13-/m1/s1. The highest BCUT2D eigenvalue weighted by Gasteiger charge is 2.30. The zero-order valence-electron chi connectivity index (χ0n) is 14.3. The molecular formula is C20H21NO3S. The van der Waals surface area contributed by atoms with Gasteiger partial charge in [0, 0.05) is 17.1 Å². The SMILES string of the molecule is C[C@@H](OC(=O)c1cc2c(s1)CCCC2)C(=O)N1CCc2ccccc21. The first-order chi connectivity index (χ1) is 12.1. The van der Waals surface area contributed by atoms with E-state index in [2.05, 4.69) is 0 Å². The zero-order valence-corrected chi connectivity index (χ0v) is 15.1. The van der Waals surface area contributed by atoms with Crippen LogP contribution in [0.15, 0.2) is 30.3 Å². The molecular weight excluding hydrogens is 334 g/mol. The number of carbonyl (C=O) groups is 2. The molecule has 0 N–H and O–H groups in total. The monoisotopic (exact) mass is 355 g/mol. The van der Waals surface area contributed by atoms with Crippen molar-refractivity contribution in [3.05, 3.63) is 51.2 Å². The van der Waals surface area contributed by atoms with Gasteiger partial charge < -0.3 is 9.64 Å². The normalized spacial score (nSPS) is 16.9. The molecule has 1 aliphatic heterocycles. The molecule has 4 nitrogen and oxygen atoms in total. The number of hydrogen-bond acceptors (Lipinski definition) is 4. The predicted molar refractivity (Wildman–Crippen MR) is 98.3 cm³/mol. The summed E-state index contributed by atoms with van der Waals surface area (Å²) < 4.78 is 5.48. The number of ether oxygens (including phenoxy) is 1. The number of rotatable bonds is 3. The van der Waals surface area contributed by atoms with Gasteiger partial charge in [-0.15, -0.1) is 11.3 Å². The summed E-state index contributed by atoms with van der Waals surface area (Å²) in [6.07, 6.45) is 4.52. The number of para-hydroxylation sites is 1. The van der Waals surface area contributed by atoms with E-state index >= 15 is 0 Å². The van der Waals surface area contributed by atoms with Gasteiger partial charge >= 0.3 is 5.97 Å². The van der Waals surface area contributed by atoms with Gasteiger partial charge in [0.05, 0.1) is 0 Å². The molecule has 0 saturated heterocycles. The van der Waals surface area contributed by atoms with E-state index in [0.717, 1.165) is 24.9 Å². The molecule has 5 heteroatoms. The van der Waals surface area contributed by atoms with Crippen molar-refractivity contribution in [2.24, 2.45) is 0 Å². The van der Waals surface area contributed by atoms with Gasteiger partial charge in [0.25, 0.3) is 5.91 Å². The predicted octanol–water partition coefficient (Wildman–Crippen LogP) is 3.76. The first-order valence-electron chi connectivity index (χ1n) is 8.85. The fourth-order valence-corrected chi connectivity index (χ4v) is 4.78. The van der Waals surface area contributed by atoms with Crippen LogP contribution in [0.2, 0.25) is 0 Å². The molecule has 0 fully saturated rings. The number of hydrogen-bond donors (Lipinski definition) is 0. The van der Waals surface area contributed by atoms with Gasteiger partial charge in [-0.2, -0.15) is 0 Å². The van der Waals surface area contributed by atoms with Gasteiger partial charge in [-0.1, -0.05) is 18.2 Å². The summed E-state index contributed by atoms with van der Waals surface area (Å²) >= 11 is 1.52. The van der Waals surface area contributed by atoms with Crippen molar-refractivity contribution in [1.82, 2.24) is 0 Å². The fourth-order valence-electron chi connectivity index (χ4n) is 3.65. The van der Waals surface area contributed by atoms with E-state index in [1.165, 1.54) is 40.2 Å². The molecule has 2 heterocycles. The Hall–Kier alpha value is -2.14. The van der Waals surface area contributed by atoms with Crippen LogP contribution in [0.25, 0.3) is 0 Å². The average molecular weight is 355 g/mol. The number of amides is 1. The molecule has 0 spiro atoms. The maximum absolute atomic E-state index is 12.7. The Kier molecular flexibility index (Phi) is 4.34. The molecule has 1 aliphatic carbocycles. The number of aryl methyl sites for hydroxylation is 2. The van der Waals surface area contributed by atoms with Crippen molar-refractivity contribution in [2.45, 2.75) is 45.1 Å². The van der Waals surface area contributed by atoms with E-state index < -0.39 is 6.10 Å². The van der Waals surface area contributed by atoms with Crippen LogP contribution in [-0.4, -0.2) is 24.5 Å². The van der Waals surface area contributed by atoms with Crippen molar-refractivity contribution >= 4 is 28.9 Å². The topological polar surface area (TPSA) is 46.6 Å². The molecule has 2 aromatic rings. The van der Waals surface area contributed by atoms with Crippen LogP contribution >= 0.6 is 11.3 Å². The Morgan fingerprint density at radius 2 is 1.92 bits per heavy atom. The second-order valence-electron chi connectivity index (χ2n) is 6.68. The van der Waals surface area contributed by atoms with E-state index in [1.54, 1.807) is 11.8 Å². The van der Waals surface area contributed by atoms with Crippen LogP contribution in [0.3, 0.4) is 0 Å². The molecule has 0 unspecified atom stereocenters. The number of carbonyl (C=O) groups excluding carboxylic acids is 2. The van der Waals surface area contributed by atoms with E-state index in [-0.39, 0.29) is 11.9 Å². The summed E-state index contributed by atoms with van der Waals surface area (Å²) in [5, 5.41) is 0. The van der Waals surface area contributed by atoms with Gasteiger partial charge in [-0.05, 0) is 62.3 Å². The highest BCUT2D eigenvalue weighted by molar-refractivity contribution is 7.14. The molecule has 1 atom stereocenters. The Labute approximate surface area is 151 Å². The van der Waals surface area contributed by atoms with Gasteiger partial charge in [0.1, 0.15) is 4.88 Å². The molecule has 25 heavy (non-hydrogen) atoms. The molecule has 4 rings (SSSR count). The van der Waals surface area contributed by atoms with Crippen molar-refractivity contribution in [3.8, 4) is 0 Å². The lowest BCUT2D eigenvalue weighted by atomic mass is 9.99. The van der Waals surface area contributed by atoms with E-state index in [4.69, 9.17) is 4.74 Å². The lowest BCUT2D eigenvalue weighted by Gasteiger charge is -2.21. The minimum atomic E-state index is -0.780. The molecule has 0 bridgehead atoms. The van der Waals surface area contributed by atoms with Gasteiger partial charge in [-0.25, -0.2) is 4.79 Å². The number of nitrogens with zero attached hydrogens (tertiary/aromatic N) is 1. The van der Waals surface area contributed by atoms with E-state index in [0.29, 0.717) is 11.4 Å². The summed E-state index contributed by atoms with van der Waals surface area (Å²) in [6, 6.07) is 9.84. The Balaban J connectivity index is 1.45. The average Bonchev–Trinajstić information content (AvgIpc) is 3.25. The van der Waals surface area contributed by atoms with Crippen molar-refractivity contribution in [2.75, 3.05) is 11.4 Å². The quantitative estimate of drug-likeness (QED) is 0.788. The summed E-state index contributed by atoms with van der Waals surface area (Å²) in [7, 11) is 0. The van der Waals surface area contributed by atoms with Gasteiger partial charge in [0.15, 0.2) is 6.10 Å². The summed E-state index contributed by atoms with van der Waals surface area (Å²) in [4.78, 5) is 28.8. The van der Waals surface area contributed by atoms with Crippen molar-refractivity contribution in [3.63, 3.8) is 0 Å². The number of anilines is 1. The molecule has 1 amide bonds. The molecule has 0 saturated carbocycles. The van der Waals surface area contributed by atoms with E-state index in [1.807, 2.05) is 30.3 Å². The van der Waals surface area contributed by atoms with Crippen LogP contribution in [0.4, 0.5) is 5.69 Å². The third kappa shape index (κ3) is 3.09. The highest BCUT2D eigenvalue weighted by atomic mass is 32.1. The Morgan fingerprint density at radius 3 is 2.76 bits per heavy atom. The second-order valence-corrected chi connectivity index (χ2v) is 7.82. The maximum atomic E-state index is 12.7. The van der Waals surface area contributed by atoms with Crippen LogP contribution in [-0.2, 0) is 28.8 Å². The minimum absolute atomic E-state index is 0.153. The summed E-state index contributed by atoms with van der Waals surface area (Å²) in [6.45, 7) is 2.31.